The Bertz CT molecular complexity index is 1180. The second-order valence-electron chi connectivity index (χ2n) is 10.1. The fourth-order valence-corrected chi connectivity index (χ4v) is 6.70. The first kappa shape index (κ1) is 25.5. The second-order valence-corrected chi connectivity index (χ2v) is 12.4. The van der Waals surface area contributed by atoms with Gasteiger partial charge in [-0.2, -0.15) is 13.2 Å². The second kappa shape index (κ2) is 9.11. The van der Waals surface area contributed by atoms with Gasteiger partial charge in [0.2, 0.25) is 5.91 Å². The number of hydrogen-bond donors (Lipinski definition) is 1. The topological polar surface area (TPSA) is 79.4 Å². The standard InChI is InChI=1S/C25H30F3N3O3S/c1-24(2)19-7-5-4-6-17(19)14-21(24)30-18-8-9-20(29-15-18)22(25(26,27)28)31(3)23(32)16-10-12-35(33,34)13-11-16/h4-9,15-16,21-22,30H,10-14H2,1-3H3/t21?,22-/m0/s1. The van der Waals surface area contributed by atoms with Crippen molar-refractivity contribution in [2.24, 2.45) is 5.92 Å². The van der Waals surface area contributed by atoms with Crippen LogP contribution in [0.1, 0.15) is 49.6 Å². The van der Waals surface area contributed by atoms with Gasteiger partial charge in [-0.25, -0.2) is 8.42 Å². The molecule has 190 valence electrons. The first-order valence-electron chi connectivity index (χ1n) is 11.6. The van der Waals surface area contributed by atoms with Gasteiger partial charge < -0.3 is 10.2 Å². The van der Waals surface area contributed by atoms with Crippen molar-refractivity contribution in [2.45, 2.75) is 56.8 Å². The van der Waals surface area contributed by atoms with Crippen molar-refractivity contribution < 1.29 is 26.4 Å². The quantitative estimate of drug-likeness (QED) is 0.651. The minimum absolute atomic E-state index is 0.0337. The van der Waals surface area contributed by atoms with E-state index in [4.69, 9.17) is 0 Å². The van der Waals surface area contributed by atoms with Gasteiger partial charge in [0.05, 0.1) is 29.1 Å². The summed E-state index contributed by atoms with van der Waals surface area (Å²) in [4.78, 5) is 17.6. The lowest BCUT2D eigenvalue weighted by Crippen LogP contribution is -2.44. The third-order valence-electron chi connectivity index (χ3n) is 7.36. The predicted molar refractivity (Wildman–Crippen MR) is 128 cm³/mol. The highest BCUT2D eigenvalue weighted by Crippen LogP contribution is 2.41. The van der Waals surface area contributed by atoms with Crippen LogP contribution >= 0.6 is 0 Å². The number of carbonyl (C=O) groups excluding carboxylic acids is 1. The fourth-order valence-electron chi connectivity index (χ4n) is 5.21. The van der Waals surface area contributed by atoms with Gasteiger partial charge in [0.15, 0.2) is 6.04 Å². The largest absolute Gasteiger partial charge is 0.414 e. The molecule has 0 spiro atoms. The first-order valence-corrected chi connectivity index (χ1v) is 13.5. The Morgan fingerprint density at radius 2 is 1.80 bits per heavy atom. The molecular formula is C25H30F3N3O3S. The molecule has 1 saturated heterocycles. The van der Waals surface area contributed by atoms with Crippen LogP contribution in [0.15, 0.2) is 42.6 Å². The summed E-state index contributed by atoms with van der Waals surface area (Å²) in [6, 6.07) is 8.88. The number of fused-ring (bicyclic) bond motifs is 1. The number of hydrogen-bond acceptors (Lipinski definition) is 5. The lowest BCUT2D eigenvalue weighted by Gasteiger charge is -2.33. The molecule has 2 aliphatic rings. The summed E-state index contributed by atoms with van der Waals surface area (Å²) in [5, 5.41) is 3.41. The number of halogens is 3. The van der Waals surface area contributed by atoms with Crippen molar-refractivity contribution in [1.82, 2.24) is 9.88 Å². The average Bonchev–Trinajstić information content (AvgIpc) is 3.03. The molecule has 4 rings (SSSR count). The highest BCUT2D eigenvalue weighted by molar-refractivity contribution is 7.91. The van der Waals surface area contributed by atoms with Gasteiger partial charge in [0.25, 0.3) is 0 Å². The van der Waals surface area contributed by atoms with Crippen LogP contribution in [0, 0.1) is 5.92 Å². The van der Waals surface area contributed by atoms with E-state index in [-0.39, 0.29) is 41.5 Å². The number of nitrogens with zero attached hydrogens (tertiary/aromatic N) is 2. The molecule has 6 nitrogen and oxygen atoms in total. The predicted octanol–water partition coefficient (Wildman–Crippen LogP) is 4.28. The van der Waals surface area contributed by atoms with Crippen molar-refractivity contribution in [3.63, 3.8) is 0 Å². The maximum atomic E-state index is 14.0. The van der Waals surface area contributed by atoms with E-state index in [1.165, 1.54) is 23.4 Å². The highest BCUT2D eigenvalue weighted by atomic mass is 32.2. The van der Waals surface area contributed by atoms with E-state index in [2.05, 4.69) is 36.3 Å². The van der Waals surface area contributed by atoms with Gasteiger partial charge in [-0.05, 0) is 42.5 Å². The summed E-state index contributed by atoms with van der Waals surface area (Å²) in [5.74, 6) is -1.83. The van der Waals surface area contributed by atoms with Gasteiger partial charge in [0.1, 0.15) is 9.84 Å². The minimum atomic E-state index is -4.73. The Morgan fingerprint density at radius 1 is 1.14 bits per heavy atom. The molecule has 1 aromatic heterocycles. The zero-order chi connectivity index (χ0) is 25.6. The number of carbonyl (C=O) groups is 1. The molecule has 1 N–H and O–H groups in total. The summed E-state index contributed by atoms with van der Waals surface area (Å²) in [5.41, 5.74) is 2.65. The molecule has 1 aliphatic heterocycles. The number of aromatic nitrogens is 1. The van der Waals surface area contributed by atoms with Crippen molar-refractivity contribution in [3.8, 4) is 0 Å². The molecule has 0 bridgehead atoms. The van der Waals surface area contributed by atoms with Crippen molar-refractivity contribution >= 4 is 21.4 Å². The Labute approximate surface area is 203 Å². The normalized spacial score (nSPS) is 22.3. The Morgan fingerprint density at radius 3 is 2.37 bits per heavy atom. The summed E-state index contributed by atoms with van der Waals surface area (Å²) in [6.07, 6.45) is -2.50. The first-order chi connectivity index (χ1) is 16.3. The molecule has 1 unspecified atom stereocenters. The monoisotopic (exact) mass is 509 g/mol. The van der Waals surface area contributed by atoms with E-state index in [1.54, 1.807) is 6.07 Å². The Hall–Kier alpha value is -2.62. The Balaban J connectivity index is 1.50. The number of benzene rings is 1. The fraction of sp³-hybridized carbons (Fsp3) is 0.520. The number of rotatable bonds is 5. The number of alkyl halides is 3. The molecule has 0 radical (unpaired) electrons. The smallest absolute Gasteiger partial charge is 0.380 e. The zero-order valence-electron chi connectivity index (χ0n) is 20.0. The van der Waals surface area contributed by atoms with Crippen LogP contribution in [0.2, 0.25) is 0 Å². The maximum absolute atomic E-state index is 14.0. The lowest BCUT2D eigenvalue weighted by molar-refractivity contribution is -0.191. The molecule has 2 heterocycles. The van der Waals surface area contributed by atoms with Crippen LogP contribution in [0.3, 0.4) is 0 Å². The van der Waals surface area contributed by atoms with Gasteiger partial charge in [-0.15, -0.1) is 0 Å². The minimum Gasteiger partial charge on any atom is -0.380 e. The van der Waals surface area contributed by atoms with Crippen LogP contribution in [-0.2, 0) is 26.5 Å². The number of sulfone groups is 1. The average molecular weight is 510 g/mol. The van der Waals surface area contributed by atoms with E-state index in [1.807, 2.05) is 12.1 Å². The number of anilines is 1. The molecule has 2 atom stereocenters. The molecular weight excluding hydrogens is 479 g/mol. The SMILES string of the molecule is CN(C(=O)C1CCS(=O)(=O)CC1)[C@@H](c1ccc(NC2Cc3ccccc3C2(C)C)cn1)C(F)(F)F. The van der Waals surface area contributed by atoms with Crippen LogP contribution in [0.5, 0.6) is 0 Å². The molecule has 2 aromatic rings. The van der Waals surface area contributed by atoms with E-state index in [0.29, 0.717) is 10.6 Å². The van der Waals surface area contributed by atoms with Crippen molar-refractivity contribution in [1.29, 1.82) is 0 Å². The molecule has 1 aliphatic carbocycles. The molecule has 1 fully saturated rings. The Kier molecular flexibility index (Phi) is 6.63. The van der Waals surface area contributed by atoms with Crippen LogP contribution in [0.4, 0.5) is 18.9 Å². The van der Waals surface area contributed by atoms with E-state index in [0.717, 1.165) is 13.5 Å². The van der Waals surface area contributed by atoms with Crippen LogP contribution < -0.4 is 5.32 Å². The summed E-state index contributed by atoms with van der Waals surface area (Å²) in [6.45, 7) is 4.27. The molecule has 10 heteroatoms. The van der Waals surface area contributed by atoms with Crippen molar-refractivity contribution in [3.05, 3.63) is 59.4 Å². The maximum Gasteiger partial charge on any atom is 0.414 e. The summed E-state index contributed by atoms with van der Waals surface area (Å²) < 4.78 is 65.4. The third-order valence-corrected chi connectivity index (χ3v) is 9.08. The number of nitrogens with one attached hydrogen (secondary N) is 1. The van der Waals surface area contributed by atoms with Gasteiger partial charge in [-0.3, -0.25) is 9.78 Å². The van der Waals surface area contributed by atoms with Crippen LogP contribution in [-0.4, -0.2) is 55.0 Å². The van der Waals surface area contributed by atoms with Crippen LogP contribution in [0.25, 0.3) is 0 Å². The van der Waals surface area contributed by atoms with E-state index >= 15 is 0 Å². The van der Waals surface area contributed by atoms with E-state index < -0.39 is 33.9 Å². The van der Waals surface area contributed by atoms with Gasteiger partial charge >= 0.3 is 6.18 Å². The molecule has 0 saturated carbocycles. The number of amides is 1. The zero-order valence-corrected chi connectivity index (χ0v) is 20.8. The van der Waals surface area contributed by atoms with E-state index in [9.17, 15) is 26.4 Å². The lowest BCUT2D eigenvalue weighted by atomic mass is 9.83. The highest BCUT2D eigenvalue weighted by Gasteiger charge is 2.47. The summed E-state index contributed by atoms with van der Waals surface area (Å²) >= 11 is 0. The van der Waals surface area contributed by atoms with Gasteiger partial charge in [0, 0.05) is 24.4 Å². The molecule has 35 heavy (non-hydrogen) atoms. The third kappa shape index (κ3) is 5.17. The molecule has 1 aromatic carbocycles. The summed E-state index contributed by atoms with van der Waals surface area (Å²) in [7, 11) is -2.12. The van der Waals surface area contributed by atoms with Crippen molar-refractivity contribution in [2.75, 3.05) is 23.9 Å². The molecule has 1 amide bonds. The number of pyridine rings is 1. The van der Waals surface area contributed by atoms with Gasteiger partial charge in [-0.1, -0.05) is 38.1 Å².